The summed E-state index contributed by atoms with van der Waals surface area (Å²) in [7, 11) is 1.68. The summed E-state index contributed by atoms with van der Waals surface area (Å²) in [4.78, 5) is 20.7. The van der Waals surface area contributed by atoms with Gasteiger partial charge in [0.05, 0.1) is 5.56 Å². The summed E-state index contributed by atoms with van der Waals surface area (Å²) in [6.45, 7) is 0. The molecule has 0 atom stereocenters. The molecular weight excluding hydrogens is 262 g/mol. The zero-order valence-electron chi connectivity index (χ0n) is 8.96. The fraction of sp³-hybridized carbons (Fsp3) is 0.0909. The number of rotatable bonds is 1. The van der Waals surface area contributed by atoms with Crippen LogP contribution < -0.4 is 5.56 Å². The average molecular weight is 272 g/mol. The summed E-state index contributed by atoms with van der Waals surface area (Å²) in [5, 5.41) is 8.38. The number of nitrogens with zero attached hydrogens (tertiary/aromatic N) is 1. The van der Waals surface area contributed by atoms with Crippen molar-refractivity contribution >= 4 is 29.1 Å². The molecule has 1 N–H and O–H groups in total. The van der Waals surface area contributed by atoms with Gasteiger partial charge in [0.2, 0.25) is 0 Å². The topological polar surface area (TPSA) is 59.3 Å². The second-order valence-electron chi connectivity index (χ2n) is 3.05. The van der Waals surface area contributed by atoms with E-state index in [9.17, 15) is 9.59 Å². The zero-order chi connectivity index (χ0) is 12.8. The van der Waals surface area contributed by atoms with Crippen LogP contribution in [0.1, 0.15) is 10.4 Å². The molecule has 1 aromatic carbocycles. The fourth-order valence-corrected chi connectivity index (χ4v) is 1.93. The molecule has 0 amide bonds. The molecule has 90 valence electrons. The van der Waals surface area contributed by atoms with Crippen molar-refractivity contribution in [3.8, 4) is 0 Å². The highest BCUT2D eigenvalue weighted by Crippen LogP contribution is 2.09. The highest BCUT2D eigenvalue weighted by Gasteiger charge is 1.96. The van der Waals surface area contributed by atoms with Gasteiger partial charge in [-0.05, 0) is 23.7 Å². The van der Waals surface area contributed by atoms with E-state index in [0.29, 0.717) is 9.90 Å². The summed E-state index contributed by atoms with van der Waals surface area (Å²) in [6, 6.07) is 9.69. The minimum absolute atomic E-state index is 0.0417. The van der Waals surface area contributed by atoms with Gasteiger partial charge in [-0.2, -0.15) is 0 Å². The molecule has 0 aliphatic carbocycles. The van der Waals surface area contributed by atoms with Crippen LogP contribution in [0.25, 0.3) is 0 Å². The van der Waals surface area contributed by atoms with E-state index in [2.05, 4.69) is 0 Å². The number of carbonyl (C=O) groups is 1. The number of carboxylic acid groups (broad SMARTS) is 1. The largest absolute Gasteiger partial charge is 0.478 e. The maximum absolute atomic E-state index is 10.5. The molecule has 1 aromatic heterocycles. The maximum atomic E-state index is 10.5. The van der Waals surface area contributed by atoms with E-state index < -0.39 is 5.97 Å². The number of carboxylic acids is 1. The van der Waals surface area contributed by atoms with E-state index in [-0.39, 0.29) is 5.56 Å². The SMILES string of the molecule is Cn1sc(Cl)cc1=O.O=C(O)c1ccccc1. The number of hydrogen-bond donors (Lipinski definition) is 1. The van der Waals surface area contributed by atoms with Gasteiger partial charge in [-0.15, -0.1) is 0 Å². The third-order valence-corrected chi connectivity index (χ3v) is 2.85. The van der Waals surface area contributed by atoms with Crippen LogP contribution in [0.3, 0.4) is 0 Å². The lowest BCUT2D eigenvalue weighted by Gasteiger charge is -1.88. The summed E-state index contributed by atoms with van der Waals surface area (Å²) in [6.07, 6.45) is 0. The van der Waals surface area contributed by atoms with Crippen LogP contribution in [-0.4, -0.2) is 15.0 Å². The zero-order valence-corrected chi connectivity index (χ0v) is 10.5. The summed E-state index contributed by atoms with van der Waals surface area (Å²) >= 11 is 6.70. The third kappa shape index (κ3) is 4.42. The Morgan fingerprint density at radius 1 is 1.35 bits per heavy atom. The van der Waals surface area contributed by atoms with Gasteiger partial charge in [0.1, 0.15) is 4.34 Å². The lowest BCUT2D eigenvalue weighted by Crippen LogP contribution is -2.05. The molecule has 0 radical (unpaired) electrons. The van der Waals surface area contributed by atoms with Gasteiger partial charge in [-0.25, -0.2) is 4.79 Å². The molecule has 2 rings (SSSR count). The van der Waals surface area contributed by atoms with Crippen molar-refractivity contribution in [1.29, 1.82) is 0 Å². The molecule has 0 spiro atoms. The van der Waals surface area contributed by atoms with Crippen LogP contribution in [0.5, 0.6) is 0 Å². The fourth-order valence-electron chi connectivity index (χ4n) is 0.971. The lowest BCUT2D eigenvalue weighted by atomic mass is 10.2. The Balaban J connectivity index is 0.000000171. The molecule has 0 unspecified atom stereocenters. The predicted molar refractivity (Wildman–Crippen MR) is 68.0 cm³/mol. The van der Waals surface area contributed by atoms with Gasteiger partial charge in [0.25, 0.3) is 5.56 Å². The first-order valence-corrected chi connectivity index (χ1v) is 5.77. The van der Waals surface area contributed by atoms with Gasteiger partial charge in [-0.3, -0.25) is 8.75 Å². The second-order valence-corrected chi connectivity index (χ2v) is 4.85. The van der Waals surface area contributed by atoms with Gasteiger partial charge in [-0.1, -0.05) is 29.8 Å². The number of aromatic carboxylic acids is 1. The Labute approximate surface area is 107 Å². The molecule has 0 fully saturated rings. The van der Waals surface area contributed by atoms with Crippen LogP contribution in [0, 0.1) is 0 Å². The molecule has 0 aliphatic rings. The Kier molecular flexibility index (Phi) is 4.93. The average Bonchev–Trinajstić information content (AvgIpc) is 2.58. The maximum Gasteiger partial charge on any atom is 0.335 e. The Morgan fingerprint density at radius 3 is 2.18 bits per heavy atom. The van der Waals surface area contributed by atoms with Crippen LogP contribution in [-0.2, 0) is 7.05 Å². The normalized spacial score (nSPS) is 9.29. The van der Waals surface area contributed by atoms with Gasteiger partial charge in [0, 0.05) is 13.1 Å². The first-order valence-electron chi connectivity index (χ1n) is 4.62. The van der Waals surface area contributed by atoms with E-state index in [1.807, 2.05) is 0 Å². The van der Waals surface area contributed by atoms with E-state index in [4.69, 9.17) is 16.7 Å². The number of hydrogen-bond acceptors (Lipinski definition) is 3. The highest BCUT2D eigenvalue weighted by atomic mass is 35.5. The predicted octanol–water partition coefficient (Wildman–Crippen LogP) is 2.49. The first kappa shape index (κ1) is 13.5. The van der Waals surface area contributed by atoms with Crippen molar-refractivity contribution in [3.63, 3.8) is 0 Å². The number of halogens is 1. The summed E-state index contributed by atoms with van der Waals surface area (Å²) < 4.78 is 2.01. The van der Waals surface area contributed by atoms with Crippen molar-refractivity contribution in [2.75, 3.05) is 0 Å². The Morgan fingerprint density at radius 2 is 1.94 bits per heavy atom. The lowest BCUT2D eigenvalue weighted by molar-refractivity contribution is 0.0697. The smallest absolute Gasteiger partial charge is 0.335 e. The second kappa shape index (κ2) is 6.22. The van der Waals surface area contributed by atoms with Crippen LogP contribution >= 0.6 is 23.1 Å². The molecule has 6 heteroatoms. The molecule has 4 nitrogen and oxygen atoms in total. The molecular formula is C11H10ClNO3S. The van der Waals surface area contributed by atoms with Crippen molar-refractivity contribution in [2.45, 2.75) is 0 Å². The summed E-state index contributed by atoms with van der Waals surface area (Å²) in [5.41, 5.74) is 0.289. The standard InChI is InChI=1S/C7H6O2.C4H4ClNOS/c8-7(9)6-4-2-1-3-5-6;1-6-4(7)2-3(5)8-6/h1-5H,(H,8,9);2H,1H3. The van der Waals surface area contributed by atoms with Crippen molar-refractivity contribution in [2.24, 2.45) is 7.05 Å². The number of benzene rings is 1. The molecule has 0 aliphatic heterocycles. The van der Waals surface area contributed by atoms with Crippen LogP contribution in [0.4, 0.5) is 0 Å². The Hall–Kier alpha value is -1.59. The number of aromatic nitrogens is 1. The first-order chi connectivity index (χ1) is 8.00. The molecule has 0 saturated heterocycles. The molecule has 17 heavy (non-hydrogen) atoms. The molecule has 2 aromatic rings. The van der Waals surface area contributed by atoms with Crippen molar-refractivity contribution < 1.29 is 9.90 Å². The van der Waals surface area contributed by atoms with E-state index in [1.165, 1.54) is 21.6 Å². The van der Waals surface area contributed by atoms with E-state index >= 15 is 0 Å². The van der Waals surface area contributed by atoms with Gasteiger partial charge in [0.15, 0.2) is 0 Å². The van der Waals surface area contributed by atoms with Crippen LogP contribution in [0.2, 0.25) is 4.34 Å². The molecule has 1 heterocycles. The quantitative estimate of drug-likeness (QED) is 0.867. The van der Waals surface area contributed by atoms with Crippen molar-refractivity contribution in [1.82, 2.24) is 3.96 Å². The molecule has 0 bridgehead atoms. The Bertz CT molecular complexity index is 547. The highest BCUT2D eigenvalue weighted by molar-refractivity contribution is 7.11. The van der Waals surface area contributed by atoms with Gasteiger partial charge >= 0.3 is 5.97 Å². The van der Waals surface area contributed by atoms with Crippen LogP contribution in [0.15, 0.2) is 41.2 Å². The van der Waals surface area contributed by atoms with Gasteiger partial charge < -0.3 is 5.11 Å². The summed E-state index contributed by atoms with van der Waals surface area (Å²) in [5.74, 6) is -0.879. The number of aryl methyl sites for hydroxylation is 1. The van der Waals surface area contributed by atoms with E-state index in [1.54, 1.807) is 37.4 Å². The van der Waals surface area contributed by atoms with Crippen molar-refractivity contribution in [3.05, 3.63) is 56.7 Å². The minimum atomic E-state index is -0.879. The third-order valence-electron chi connectivity index (χ3n) is 1.79. The minimum Gasteiger partial charge on any atom is -0.478 e. The molecule has 0 saturated carbocycles. The van der Waals surface area contributed by atoms with E-state index in [0.717, 1.165) is 0 Å². The monoisotopic (exact) mass is 271 g/mol.